The number of fused-ring (bicyclic) bond motifs is 4. The van der Waals surface area contributed by atoms with E-state index >= 15 is 0 Å². The second kappa shape index (κ2) is 6.39. The molecular weight excluding hydrogens is 356 g/mol. The molecule has 2 unspecified atom stereocenters. The Kier molecular flexibility index (Phi) is 3.98. The van der Waals surface area contributed by atoms with Crippen LogP contribution in [0.4, 0.5) is 0 Å². The van der Waals surface area contributed by atoms with E-state index in [0.29, 0.717) is 12.6 Å². The van der Waals surface area contributed by atoms with Gasteiger partial charge >= 0.3 is 0 Å². The molecule has 0 aliphatic carbocycles. The molecule has 3 aliphatic rings. The minimum Gasteiger partial charge on any atom is -0.340 e. The van der Waals surface area contributed by atoms with E-state index in [1.165, 1.54) is 10.4 Å². The van der Waals surface area contributed by atoms with Crippen LogP contribution < -0.4 is 0 Å². The summed E-state index contributed by atoms with van der Waals surface area (Å²) in [4.78, 5) is 28.5. The van der Waals surface area contributed by atoms with Crippen molar-refractivity contribution < 1.29 is 4.79 Å². The topological polar surface area (TPSA) is 49.3 Å². The van der Waals surface area contributed by atoms with Gasteiger partial charge in [-0.1, -0.05) is 30.3 Å². The zero-order valence-electron chi connectivity index (χ0n) is 15.6. The molecule has 1 amide bonds. The number of thiophene rings is 1. The van der Waals surface area contributed by atoms with Crippen molar-refractivity contribution >= 4 is 27.5 Å². The fourth-order valence-corrected chi connectivity index (χ4v) is 5.47. The van der Waals surface area contributed by atoms with E-state index in [4.69, 9.17) is 4.98 Å². The molecule has 1 aromatic carbocycles. The van der Waals surface area contributed by atoms with Gasteiger partial charge in [0.2, 0.25) is 5.91 Å². The molecule has 3 aromatic rings. The Hall–Kier alpha value is -2.31. The Labute approximate surface area is 162 Å². The summed E-state index contributed by atoms with van der Waals surface area (Å²) in [6.45, 7) is 3.60. The van der Waals surface area contributed by atoms with E-state index in [1.807, 2.05) is 24.9 Å². The van der Waals surface area contributed by atoms with Crippen LogP contribution >= 0.6 is 11.3 Å². The molecule has 0 N–H and O–H groups in total. The summed E-state index contributed by atoms with van der Waals surface area (Å²) >= 11 is 1.71. The molecule has 3 fully saturated rings. The highest BCUT2D eigenvalue weighted by Crippen LogP contribution is 2.35. The van der Waals surface area contributed by atoms with E-state index in [-0.39, 0.29) is 11.9 Å². The van der Waals surface area contributed by atoms with Gasteiger partial charge in [-0.25, -0.2) is 9.97 Å². The Morgan fingerprint density at radius 3 is 2.78 bits per heavy atom. The van der Waals surface area contributed by atoms with Gasteiger partial charge in [0.25, 0.3) is 0 Å². The van der Waals surface area contributed by atoms with Crippen LogP contribution in [0, 0.1) is 6.92 Å². The van der Waals surface area contributed by atoms with Crippen molar-refractivity contribution in [2.45, 2.75) is 38.4 Å². The van der Waals surface area contributed by atoms with Crippen molar-refractivity contribution in [3.63, 3.8) is 0 Å². The number of rotatable bonds is 3. The van der Waals surface area contributed by atoms with E-state index in [2.05, 4.69) is 40.2 Å². The third-order valence-electron chi connectivity index (χ3n) is 5.83. The first-order valence-electron chi connectivity index (χ1n) is 9.43. The van der Waals surface area contributed by atoms with E-state index in [9.17, 15) is 4.79 Å². The van der Waals surface area contributed by atoms with Crippen molar-refractivity contribution in [1.82, 2.24) is 19.8 Å². The number of nitrogens with zero attached hydrogens (tertiary/aromatic N) is 4. The largest absolute Gasteiger partial charge is 0.340 e. The highest BCUT2D eigenvalue weighted by molar-refractivity contribution is 7.21. The molecule has 0 saturated carbocycles. The van der Waals surface area contributed by atoms with Gasteiger partial charge in [0.05, 0.1) is 11.7 Å². The molecule has 0 spiro atoms. The first-order valence-corrected chi connectivity index (χ1v) is 10.2. The quantitative estimate of drug-likeness (QED) is 0.700. The molecule has 2 atom stereocenters. The molecule has 2 aromatic heterocycles. The van der Waals surface area contributed by atoms with Crippen molar-refractivity contribution in [2.75, 3.05) is 13.6 Å². The van der Waals surface area contributed by atoms with Crippen LogP contribution in [0.2, 0.25) is 0 Å². The average molecular weight is 379 g/mol. The van der Waals surface area contributed by atoms with E-state index in [0.717, 1.165) is 41.1 Å². The first-order chi connectivity index (χ1) is 13.1. The zero-order chi connectivity index (χ0) is 18.5. The number of carbonyl (C=O) groups excluding carboxylic acids is 1. The maximum absolute atomic E-state index is 12.6. The molecule has 3 saturated heterocycles. The maximum atomic E-state index is 12.6. The Morgan fingerprint density at radius 1 is 1.19 bits per heavy atom. The average Bonchev–Trinajstić information content (AvgIpc) is 3.10. The fourth-order valence-electron chi connectivity index (χ4n) is 4.36. The van der Waals surface area contributed by atoms with Crippen LogP contribution in [0.15, 0.2) is 36.4 Å². The van der Waals surface area contributed by atoms with Crippen molar-refractivity contribution in [2.24, 2.45) is 0 Å². The molecular formula is C21H22N4OS. The number of hydrogen-bond acceptors (Lipinski definition) is 5. The van der Waals surface area contributed by atoms with Gasteiger partial charge in [-0.3, -0.25) is 9.69 Å². The molecule has 5 heterocycles. The number of aromatic nitrogens is 2. The molecule has 0 radical (unpaired) electrons. The number of aryl methyl sites for hydroxylation is 1. The lowest BCUT2D eigenvalue weighted by molar-refractivity contribution is -0.150. The Bertz CT molecular complexity index is 1020. The first kappa shape index (κ1) is 16.8. The molecule has 6 rings (SSSR count). The van der Waals surface area contributed by atoms with Gasteiger partial charge < -0.3 is 4.90 Å². The van der Waals surface area contributed by atoms with Gasteiger partial charge in [0, 0.05) is 36.4 Å². The molecule has 3 aliphatic heterocycles. The highest BCUT2D eigenvalue weighted by Gasteiger charge is 2.43. The summed E-state index contributed by atoms with van der Waals surface area (Å²) in [5.41, 5.74) is 2.25. The summed E-state index contributed by atoms with van der Waals surface area (Å²) < 4.78 is 0. The molecule has 5 nitrogen and oxygen atoms in total. The van der Waals surface area contributed by atoms with Crippen LogP contribution in [0.3, 0.4) is 0 Å². The van der Waals surface area contributed by atoms with Gasteiger partial charge in [-0.15, -0.1) is 11.3 Å². The molecule has 138 valence electrons. The number of piperazine rings is 1. The molecule has 27 heavy (non-hydrogen) atoms. The summed E-state index contributed by atoms with van der Waals surface area (Å²) in [6, 6.07) is 13.0. The lowest BCUT2D eigenvalue weighted by atomic mass is 9.90. The van der Waals surface area contributed by atoms with E-state index in [1.54, 1.807) is 11.3 Å². The summed E-state index contributed by atoms with van der Waals surface area (Å²) in [5, 5.41) is 1.12. The normalized spacial score (nSPS) is 22.7. The van der Waals surface area contributed by atoms with Crippen LogP contribution in [-0.4, -0.2) is 51.4 Å². The lowest BCUT2D eigenvalue weighted by Gasteiger charge is -2.49. The number of piperidine rings is 2. The van der Waals surface area contributed by atoms with Crippen LogP contribution in [0.25, 0.3) is 20.7 Å². The smallest absolute Gasteiger partial charge is 0.239 e. The van der Waals surface area contributed by atoms with Gasteiger partial charge in [0.1, 0.15) is 10.7 Å². The standard InChI is InChI=1S/C21H22N4OS/c1-13-22-17(12-25-11-15-8-9-18(25)21(26)24(15)2)16-10-19(27-20(16)23-13)14-6-4-3-5-7-14/h3-7,10,15,18H,8-9,11-12H2,1-2H3. The van der Waals surface area contributed by atoms with Gasteiger partial charge in [0.15, 0.2) is 0 Å². The zero-order valence-corrected chi connectivity index (χ0v) is 16.4. The van der Waals surface area contributed by atoms with Gasteiger partial charge in [-0.2, -0.15) is 0 Å². The number of amides is 1. The van der Waals surface area contributed by atoms with Crippen LogP contribution in [0.1, 0.15) is 24.4 Å². The summed E-state index contributed by atoms with van der Waals surface area (Å²) in [5.74, 6) is 1.05. The molecule has 6 heteroatoms. The lowest BCUT2D eigenvalue weighted by Crippen LogP contribution is -2.64. The third-order valence-corrected chi connectivity index (χ3v) is 6.91. The van der Waals surface area contributed by atoms with Crippen LogP contribution in [-0.2, 0) is 11.3 Å². The minimum absolute atomic E-state index is 0.00227. The number of carbonyl (C=O) groups is 1. The number of benzene rings is 1. The summed E-state index contributed by atoms with van der Waals surface area (Å²) in [6.07, 6.45) is 2.07. The van der Waals surface area contributed by atoms with Crippen molar-refractivity contribution in [1.29, 1.82) is 0 Å². The SMILES string of the molecule is Cc1nc(CN2CC3CCC2C(=O)N3C)c2cc(-c3ccccc3)sc2n1. The number of hydrogen-bond donors (Lipinski definition) is 0. The molecule has 2 bridgehead atoms. The predicted molar refractivity (Wildman–Crippen MR) is 108 cm³/mol. The van der Waals surface area contributed by atoms with Crippen molar-refractivity contribution in [3.05, 3.63) is 47.9 Å². The highest BCUT2D eigenvalue weighted by atomic mass is 32.1. The second-order valence-corrected chi connectivity index (χ2v) is 8.57. The third kappa shape index (κ3) is 2.84. The van der Waals surface area contributed by atoms with Gasteiger partial charge in [-0.05, 0) is 31.4 Å². The Balaban J connectivity index is 1.52. The number of likely N-dealkylation sites (N-methyl/N-ethyl adjacent to an activating group) is 1. The second-order valence-electron chi connectivity index (χ2n) is 7.54. The Morgan fingerprint density at radius 2 is 2.00 bits per heavy atom. The summed E-state index contributed by atoms with van der Waals surface area (Å²) in [7, 11) is 1.94. The predicted octanol–water partition coefficient (Wildman–Crippen LogP) is 3.47. The maximum Gasteiger partial charge on any atom is 0.239 e. The van der Waals surface area contributed by atoms with Crippen molar-refractivity contribution in [3.8, 4) is 10.4 Å². The van der Waals surface area contributed by atoms with E-state index < -0.39 is 0 Å². The minimum atomic E-state index is -0.00227. The monoisotopic (exact) mass is 378 g/mol. The van der Waals surface area contributed by atoms with Crippen LogP contribution in [0.5, 0.6) is 0 Å². The fraction of sp³-hybridized carbons (Fsp3) is 0.381.